The number of rotatable bonds is 4. The zero-order valence-electron chi connectivity index (χ0n) is 12.4. The van der Waals surface area contributed by atoms with Crippen molar-refractivity contribution in [2.75, 3.05) is 0 Å². The second-order valence-corrected chi connectivity index (χ2v) is 14.0. The molecule has 1 aromatic carbocycles. The molecule has 0 unspecified atom stereocenters. The number of nitrogens with zero attached hydrogens (tertiary/aromatic N) is 1. The lowest BCUT2D eigenvalue weighted by molar-refractivity contribution is 0.589. The molecule has 7 heteroatoms. The van der Waals surface area contributed by atoms with Crippen LogP contribution in [0.5, 0.6) is 0 Å². The quantitative estimate of drug-likeness (QED) is 0.521. The van der Waals surface area contributed by atoms with Crippen molar-refractivity contribution in [1.82, 2.24) is 4.39 Å². The lowest BCUT2D eigenvalue weighted by atomic mass is 10.2. The van der Waals surface area contributed by atoms with E-state index in [1.807, 2.05) is 39.3 Å². The van der Waals surface area contributed by atoms with E-state index in [-0.39, 0.29) is 9.93 Å². The first-order valence-corrected chi connectivity index (χ1v) is 11.5. The van der Waals surface area contributed by atoms with Crippen LogP contribution < -0.4 is 4.39 Å². The number of hydrogen-bond donors (Lipinski definition) is 1. The minimum absolute atomic E-state index is 0.0727. The van der Waals surface area contributed by atoms with E-state index in [1.165, 1.54) is 12.1 Å². The summed E-state index contributed by atoms with van der Waals surface area (Å²) >= 11 is 1.01. The topological polar surface area (TPSA) is 70.0 Å². The Morgan fingerprint density at radius 2 is 1.70 bits per heavy atom. The molecule has 0 radical (unpaired) electrons. The van der Waals surface area contributed by atoms with Gasteiger partial charge in [-0.1, -0.05) is 33.9 Å². The van der Waals surface area contributed by atoms with Crippen LogP contribution in [0.1, 0.15) is 20.8 Å². The predicted octanol–water partition coefficient (Wildman–Crippen LogP) is 3.54. The summed E-state index contributed by atoms with van der Waals surface area (Å²) in [6.45, 7) is 10.2. The first-order valence-electron chi connectivity index (χ1n) is 6.19. The molecule has 1 rings (SSSR count). The fourth-order valence-corrected chi connectivity index (χ4v) is 6.54. The van der Waals surface area contributed by atoms with Crippen molar-refractivity contribution < 1.29 is 8.42 Å². The molecule has 0 atom stereocenters. The number of sulfonamides is 1. The highest BCUT2D eigenvalue weighted by atomic mass is 32.2. The molecule has 110 valence electrons. The molecule has 0 spiro atoms. The Morgan fingerprint density at radius 1 is 1.20 bits per heavy atom. The van der Waals surface area contributed by atoms with Gasteiger partial charge in [-0.3, -0.25) is 0 Å². The van der Waals surface area contributed by atoms with Crippen molar-refractivity contribution in [2.24, 2.45) is 0 Å². The van der Waals surface area contributed by atoms with Crippen LogP contribution in [0.3, 0.4) is 0 Å². The van der Waals surface area contributed by atoms with Crippen molar-refractivity contribution >= 4 is 30.0 Å². The normalized spacial score (nSPS) is 13.0. The molecular formula is C13H20N2O2S2Si. The van der Waals surface area contributed by atoms with E-state index in [9.17, 15) is 8.42 Å². The third-order valence-corrected chi connectivity index (χ3v) is 11.9. The summed E-state index contributed by atoms with van der Waals surface area (Å²) in [4.78, 5) is 0.975. The van der Waals surface area contributed by atoms with Crippen LogP contribution in [0, 0.1) is 10.7 Å². The Labute approximate surface area is 126 Å². The molecule has 1 aromatic rings. The van der Waals surface area contributed by atoms with Gasteiger partial charge in [0.15, 0.2) is 0 Å². The Morgan fingerprint density at radius 3 is 2.10 bits per heavy atom. The summed E-state index contributed by atoms with van der Waals surface area (Å²) in [6, 6.07) is 6.37. The molecule has 0 aliphatic rings. The average molecular weight is 329 g/mol. The highest BCUT2D eigenvalue weighted by Gasteiger charge is 2.39. The molecule has 1 N–H and O–H groups in total. The Balaban J connectivity index is 3.04. The fraction of sp³-hybridized carbons (Fsp3) is 0.462. The van der Waals surface area contributed by atoms with Crippen LogP contribution in [0.15, 0.2) is 34.1 Å². The maximum atomic E-state index is 12.4. The second-order valence-electron chi connectivity index (χ2n) is 6.15. The zero-order chi connectivity index (χ0) is 15.6. The van der Waals surface area contributed by atoms with E-state index in [0.29, 0.717) is 0 Å². The number of hydrogen-bond acceptors (Lipinski definition) is 4. The zero-order valence-corrected chi connectivity index (χ0v) is 15.0. The smallest absolute Gasteiger partial charge is 0.233 e. The van der Waals surface area contributed by atoms with Gasteiger partial charge in [0.05, 0.1) is 4.90 Å². The number of thiocyanates is 1. The van der Waals surface area contributed by atoms with E-state index >= 15 is 0 Å². The van der Waals surface area contributed by atoms with Crippen molar-refractivity contribution in [3.8, 4) is 5.40 Å². The molecule has 20 heavy (non-hydrogen) atoms. The Bertz CT molecular complexity index is 611. The molecule has 0 fully saturated rings. The summed E-state index contributed by atoms with van der Waals surface area (Å²) in [6.07, 6.45) is 0. The largest absolute Gasteiger partial charge is 0.234 e. The van der Waals surface area contributed by atoms with E-state index in [2.05, 4.69) is 4.39 Å². The lowest BCUT2D eigenvalue weighted by Crippen LogP contribution is -2.54. The molecule has 0 aromatic heterocycles. The molecule has 0 aliphatic heterocycles. The first-order chi connectivity index (χ1) is 8.99. The van der Waals surface area contributed by atoms with E-state index < -0.39 is 18.3 Å². The number of nitrogens with one attached hydrogen (secondary N) is 1. The molecule has 4 nitrogen and oxygen atoms in total. The molecule has 0 saturated carbocycles. The second kappa shape index (κ2) is 5.90. The van der Waals surface area contributed by atoms with E-state index in [0.717, 1.165) is 16.7 Å². The van der Waals surface area contributed by atoms with Gasteiger partial charge in [-0.15, -0.1) is 0 Å². The molecule has 0 bridgehead atoms. The van der Waals surface area contributed by atoms with Crippen molar-refractivity contribution in [3.05, 3.63) is 24.3 Å². The van der Waals surface area contributed by atoms with Crippen molar-refractivity contribution in [2.45, 2.75) is 48.7 Å². The third-order valence-electron chi connectivity index (χ3n) is 3.56. The van der Waals surface area contributed by atoms with Crippen LogP contribution in [-0.4, -0.2) is 16.7 Å². The standard InChI is InChI=1S/C13H20N2O2S2Si/c1-13(2,3)20(4,5)15-19(16,17)12-8-6-11(7-9-12)18-10-14/h6-9,15H,1-5H3. The number of thioether (sulfide) groups is 1. The van der Waals surface area contributed by atoms with E-state index in [1.54, 1.807) is 12.1 Å². The number of nitriles is 1. The van der Waals surface area contributed by atoms with Gasteiger partial charge in [-0.2, -0.15) is 5.26 Å². The van der Waals surface area contributed by atoms with Gasteiger partial charge in [0.25, 0.3) is 0 Å². The van der Waals surface area contributed by atoms with Crippen molar-refractivity contribution in [3.63, 3.8) is 0 Å². The highest BCUT2D eigenvalue weighted by molar-refractivity contribution is 8.03. The van der Waals surface area contributed by atoms with Gasteiger partial charge in [-0.25, -0.2) is 12.8 Å². The lowest BCUT2D eigenvalue weighted by Gasteiger charge is -2.36. The molecular weight excluding hydrogens is 308 g/mol. The van der Waals surface area contributed by atoms with Crippen LogP contribution in [0.25, 0.3) is 0 Å². The predicted molar refractivity (Wildman–Crippen MR) is 85.4 cm³/mol. The monoisotopic (exact) mass is 328 g/mol. The van der Waals surface area contributed by atoms with Crippen molar-refractivity contribution in [1.29, 1.82) is 5.26 Å². The minimum atomic E-state index is -3.51. The first kappa shape index (κ1) is 17.2. The number of benzene rings is 1. The SMILES string of the molecule is CC(C)(C)[Si](C)(C)NS(=O)(=O)c1ccc(SC#N)cc1. The maximum absolute atomic E-state index is 12.4. The van der Waals surface area contributed by atoms with Crippen LogP contribution in [0.4, 0.5) is 0 Å². The van der Waals surface area contributed by atoms with Gasteiger partial charge in [0.2, 0.25) is 10.0 Å². The van der Waals surface area contributed by atoms with Gasteiger partial charge in [0, 0.05) is 4.90 Å². The van der Waals surface area contributed by atoms with Gasteiger partial charge in [0.1, 0.15) is 13.6 Å². The van der Waals surface area contributed by atoms with Gasteiger partial charge >= 0.3 is 0 Å². The van der Waals surface area contributed by atoms with E-state index in [4.69, 9.17) is 5.26 Å². The van der Waals surface area contributed by atoms with Gasteiger partial charge < -0.3 is 0 Å². The summed E-state index contributed by atoms with van der Waals surface area (Å²) in [7, 11) is -5.66. The van der Waals surface area contributed by atoms with Crippen LogP contribution in [0.2, 0.25) is 18.1 Å². The van der Waals surface area contributed by atoms with Gasteiger partial charge in [-0.05, 0) is 41.1 Å². The third kappa shape index (κ3) is 4.09. The molecule has 0 saturated heterocycles. The average Bonchev–Trinajstić information content (AvgIpc) is 2.27. The molecule has 0 amide bonds. The highest BCUT2D eigenvalue weighted by Crippen LogP contribution is 2.34. The Kier molecular flexibility index (Phi) is 5.08. The summed E-state index contributed by atoms with van der Waals surface area (Å²) in [5.41, 5.74) is 0. The molecule has 0 heterocycles. The summed E-state index contributed by atoms with van der Waals surface area (Å²) in [5, 5.41) is 10.5. The van der Waals surface area contributed by atoms with Crippen LogP contribution >= 0.6 is 11.8 Å². The molecule has 0 aliphatic carbocycles. The Hall–Kier alpha value is -0.813. The summed E-state index contributed by atoms with van der Waals surface area (Å²) in [5.74, 6) is 0. The maximum Gasteiger partial charge on any atom is 0.234 e. The van der Waals surface area contributed by atoms with Crippen LogP contribution in [-0.2, 0) is 10.0 Å². The fourth-order valence-electron chi connectivity index (χ4n) is 1.29. The summed E-state index contributed by atoms with van der Waals surface area (Å²) < 4.78 is 27.7. The minimum Gasteiger partial charge on any atom is -0.233 e.